The summed E-state index contributed by atoms with van der Waals surface area (Å²) in [7, 11) is 0. The first-order chi connectivity index (χ1) is 10.0. The maximum atomic E-state index is 11.9. The molecule has 0 atom stereocenters. The highest BCUT2D eigenvalue weighted by molar-refractivity contribution is 9.10. The molecule has 0 radical (unpaired) electrons. The van der Waals surface area contributed by atoms with Crippen molar-refractivity contribution in [3.05, 3.63) is 58.1 Å². The number of ether oxygens (including phenoxy) is 2. The molecule has 0 bridgehead atoms. The zero-order chi connectivity index (χ0) is 15.2. The van der Waals surface area contributed by atoms with Crippen LogP contribution in [0.25, 0.3) is 0 Å². The fourth-order valence-corrected chi connectivity index (χ4v) is 2.24. The lowest BCUT2D eigenvalue weighted by Crippen LogP contribution is -2.12. The van der Waals surface area contributed by atoms with Crippen LogP contribution in [-0.2, 0) is 4.74 Å². The molecular weight excluding hydrogens is 334 g/mol. The van der Waals surface area contributed by atoms with Crippen molar-refractivity contribution < 1.29 is 14.3 Å². The molecule has 2 rings (SSSR count). The molecule has 2 aromatic rings. The van der Waals surface area contributed by atoms with Crippen molar-refractivity contribution in [1.82, 2.24) is 0 Å². The molecule has 4 nitrogen and oxygen atoms in total. The highest BCUT2D eigenvalue weighted by Crippen LogP contribution is 2.17. The Bertz CT molecular complexity index is 623. The van der Waals surface area contributed by atoms with E-state index < -0.39 is 5.97 Å². The Labute approximate surface area is 132 Å². The monoisotopic (exact) mass is 349 g/mol. The normalized spacial score (nSPS) is 10.2. The van der Waals surface area contributed by atoms with E-state index in [9.17, 15) is 4.79 Å². The number of carbonyl (C=O) groups excluding carboxylic acids is 1. The molecule has 0 aromatic heterocycles. The number of hydrogen-bond acceptors (Lipinski definition) is 4. The largest absolute Gasteiger partial charge is 0.490 e. The molecule has 0 amide bonds. The summed E-state index contributed by atoms with van der Waals surface area (Å²) in [5.41, 5.74) is 7.63. The lowest BCUT2D eigenvalue weighted by Gasteiger charge is -2.08. The molecule has 2 aromatic carbocycles. The second-order valence-corrected chi connectivity index (χ2v) is 5.49. The van der Waals surface area contributed by atoms with Gasteiger partial charge < -0.3 is 15.2 Å². The Balaban J connectivity index is 1.82. The molecule has 0 fully saturated rings. The summed E-state index contributed by atoms with van der Waals surface area (Å²) in [6.07, 6.45) is 0. The fourth-order valence-electron chi connectivity index (χ4n) is 1.86. The Kier molecular flexibility index (Phi) is 5.22. The lowest BCUT2D eigenvalue weighted by atomic mass is 10.1. The number of anilines is 1. The molecule has 0 saturated carbocycles. The number of esters is 1. The van der Waals surface area contributed by atoms with Crippen molar-refractivity contribution in [2.75, 3.05) is 18.9 Å². The Morgan fingerprint density at radius 1 is 1.19 bits per heavy atom. The van der Waals surface area contributed by atoms with Crippen LogP contribution in [0.1, 0.15) is 15.9 Å². The fraction of sp³-hybridized carbons (Fsp3) is 0.188. The highest BCUT2D eigenvalue weighted by Gasteiger charge is 2.08. The number of hydrogen-bond donors (Lipinski definition) is 1. The molecule has 5 heteroatoms. The molecule has 0 aliphatic heterocycles. The van der Waals surface area contributed by atoms with Crippen molar-refractivity contribution in [2.45, 2.75) is 6.92 Å². The van der Waals surface area contributed by atoms with E-state index in [4.69, 9.17) is 15.2 Å². The number of nitrogen functional groups attached to an aromatic ring is 1. The summed E-state index contributed by atoms with van der Waals surface area (Å²) in [6.45, 7) is 2.35. The minimum Gasteiger partial charge on any atom is -0.490 e. The first kappa shape index (κ1) is 15.4. The van der Waals surface area contributed by atoms with Crippen LogP contribution < -0.4 is 10.5 Å². The molecule has 0 saturated heterocycles. The third-order valence-electron chi connectivity index (χ3n) is 2.72. The summed E-state index contributed by atoms with van der Waals surface area (Å²) in [4.78, 5) is 11.9. The minimum absolute atomic E-state index is 0.180. The van der Waals surface area contributed by atoms with E-state index in [1.165, 1.54) is 0 Å². The van der Waals surface area contributed by atoms with Gasteiger partial charge in [-0.25, -0.2) is 4.79 Å². The predicted octanol–water partition coefficient (Wildman–Crippen LogP) is 3.58. The molecular formula is C16H16BrNO3. The van der Waals surface area contributed by atoms with E-state index in [1.807, 2.05) is 31.2 Å². The molecule has 2 N–H and O–H groups in total. The van der Waals surface area contributed by atoms with Crippen molar-refractivity contribution in [3.63, 3.8) is 0 Å². The van der Waals surface area contributed by atoms with Gasteiger partial charge in [-0.1, -0.05) is 22.0 Å². The first-order valence-corrected chi connectivity index (χ1v) is 7.26. The van der Waals surface area contributed by atoms with E-state index in [-0.39, 0.29) is 6.61 Å². The van der Waals surface area contributed by atoms with Gasteiger partial charge in [0.15, 0.2) is 0 Å². The zero-order valence-corrected chi connectivity index (χ0v) is 13.2. The van der Waals surface area contributed by atoms with Gasteiger partial charge in [0, 0.05) is 10.2 Å². The van der Waals surface area contributed by atoms with Crippen molar-refractivity contribution in [1.29, 1.82) is 0 Å². The second kappa shape index (κ2) is 7.13. The van der Waals surface area contributed by atoms with Gasteiger partial charge in [-0.3, -0.25) is 0 Å². The zero-order valence-electron chi connectivity index (χ0n) is 11.6. The molecule has 0 aliphatic rings. The molecule has 110 valence electrons. The van der Waals surface area contributed by atoms with Crippen LogP contribution in [0.15, 0.2) is 46.9 Å². The Morgan fingerprint density at radius 3 is 2.71 bits per heavy atom. The van der Waals surface area contributed by atoms with E-state index >= 15 is 0 Å². The van der Waals surface area contributed by atoms with Gasteiger partial charge >= 0.3 is 5.97 Å². The van der Waals surface area contributed by atoms with Crippen molar-refractivity contribution >= 4 is 27.6 Å². The molecule has 0 heterocycles. The summed E-state index contributed by atoms with van der Waals surface area (Å²) in [5.74, 6) is 0.323. The van der Waals surface area contributed by atoms with Gasteiger partial charge in [0.1, 0.15) is 19.0 Å². The van der Waals surface area contributed by atoms with Gasteiger partial charge in [-0.05, 0) is 48.9 Å². The van der Waals surface area contributed by atoms with E-state index in [0.29, 0.717) is 17.9 Å². The molecule has 0 spiro atoms. The topological polar surface area (TPSA) is 61.6 Å². The van der Waals surface area contributed by atoms with E-state index in [2.05, 4.69) is 15.9 Å². The number of benzene rings is 2. The number of nitrogens with two attached hydrogens (primary N) is 1. The predicted molar refractivity (Wildman–Crippen MR) is 85.5 cm³/mol. The number of carbonyl (C=O) groups is 1. The molecule has 0 aliphatic carbocycles. The highest BCUT2D eigenvalue weighted by atomic mass is 79.9. The Hall–Kier alpha value is -2.01. The van der Waals surface area contributed by atoms with Gasteiger partial charge in [-0.2, -0.15) is 0 Å². The summed E-state index contributed by atoms with van der Waals surface area (Å²) in [5, 5.41) is 0. The Morgan fingerprint density at radius 2 is 2.00 bits per heavy atom. The van der Waals surface area contributed by atoms with Gasteiger partial charge in [0.05, 0.1) is 5.56 Å². The second-order valence-electron chi connectivity index (χ2n) is 4.57. The average molecular weight is 350 g/mol. The van der Waals surface area contributed by atoms with E-state index in [1.54, 1.807) is 18.2 Å². The van der Waals surface area contributed by atoms with Crippen LogP contribution in [-0.4, -0.2) is 19.2 Å². The standard InChI is InChI=1S/C16H16BrNO3/c1-11-7-12(9-14(18)8-11)16(19)21-6-5-20-15-4-2-3-13(17)10-15/h2-4,7-10H,5-6,18H2,1H3. The van der Waals surface area contributed by atoms with Crippen LogP contribution in [0.4, 0.5) is 5.69 Å². The number of aryl methyl sites for hydroxylation is 1. The maximum Gasteiger partial charge on any atom is 0.338 e. The van der Waals surface area contributed by atoms with Crippen LogP contribution >= 0.6 is 15.9 Å². The van der Waals surface area contributed by atoms with E-state index in [0.717, 1.165) is 15.8 Å². The minimum atomic E-state index is -0.400. The van der Waals surface area contributed by atoms with Crippen LogP contribution in [0, 0.1) is 6.92 Å². The molecule has 0 unspecified atom stereocenters. The van der Waals surface area contributed by atoms with Gasteiger partial charge in [0.25, 0.3) is 0 Å². The quantitative estimate of drug-likeness (QED) is 0.509. The van der Waals surface area contributed by atoms with Gasteiger partial charge in [0.2, 0.25) is 0 Å². The lowest BCUT2D eigenvalue weighted by molar-refractivity contribution is 0.0450. The number of rotatable bonds is 5. The van der Waals surface area contributed by atoms with Crippen LogP contribution in [0.3, 0.4) is 0 Å². The van der Waals surface area contributed by atoms with Crippen LogP contribution in [0.5, 0.6) is 5.75 Å². The summed E-state index contributed by atoms with van der Waals surface area (Å²) >= 11 is 3.36. The summed E-state index contributed by atoms with van der Waals surface area (Å²) < 4.78 is 11.6. The van der Waals surface area contributed by atoms with Crippen molar-refractivity contribution in [2.24, 2.45) is 0 Å². The average Bonchev–Trinajstić information content (AvgIpc) is 2.42. The smallest absolute Gasteiger partial charge is 0.338 e. The third-order valence-corrected chi connectivity index (χ3v) is 3.21. The van der Waals surface area contributed by atoms with Gasteiger partial charge in [-0.15, -0.1) is 0 Å². The third kappa shape index (κ3) is 4.79. The molecule has 21 heavy (non-hydrogen) atoms. The number of halogens is 1. The van der Waals surface area contributed by atoms with Crippen molar-refractivity contribution in [3.8, 4) is 5.75 Å². The van der Waals surface area contributed by atoms with Crippen LogP contribution in [0.2, 0.25) is 0 Å². The first-order valence-electron chi connectivity index (χ1n) is 6.47. The summed E-state index contributed by atoms with van der Waals surface area (Å²) in [6, 6.07) is 12.6. The maximum absolute atomic E-state index is 11.9. The SMILES string of the molecule is Cc1cc(N)cc(C(=O)OCCOc2cccc(Br)c2)c1.